The number of aryl methyl sites for hydroxylation is 1. The van der Waals surface area contributed by atoms with Gasteiger partial charge in [-0.2, -0.15) is 0 Å². The zero-order valence-corrected chi connectivity index (χ0v) is 11.6. The highest BCUT2D eigenvalue weighted by atomic mass is 14.8. The SMILES string of the molecule is Cc1cc(C(C)(C)C)ccc1CNCCCN. The topological polar surface area (TPSA) is 38.0 Å². The lowest BCUT2D eigenvalue weighted by Gasteiger charge is -2.20. The molecule has 0 heterocycles. The summed E-state index contributed by atoms with van der Waals surface area (Å²) in [4.78, 5) is 0. The van der Waals surface area contributed by atoms with Gasteiger partial charge >= 0.3 is 0 Å². The summed E-state index contributed by atoms with van der Waals surface area (Å²) in [5, 5.41) is 3.42. The lowest BCUT2D eigenvalue weighted by Crippen LogP contribution is -2.18. The molecule has 2 nitrogen and oxygen atoms in total. The number of benzene rings is 1. The second kappa shape index (κ2) is 6.18. The van der Waals surface area contributed by atoms with Crippen LogP contribution in [0.15, 0.2) is 18.2 Å². The van der Waals surface area contributed by atoms with E-state index in [2.05, 4.69) is 51.2 Å². The Hall–Kier alpha value is -0.860. The third-order valence-corrected chi connectivity index (χ3v) is 3.08. The minimum atomic E-state index is 0.232. The first-order chi connectivity index (χ1) is 7.95. The number of rotatable bonds is 5. The van der Waals surface area contributed by atoms with E-state index >= 15 is 0 Å². The summed E-state index contributed by atoms with van der Waals surface area (Å²) in [6.07, 6.45) is 1.04. The molecule has 0 aliphatic carbocycles. The van der Waals surface area contributed by atoms with Crippen LogP contribution in [0.2, 0.25) is 0 Å². The average molecular weight is 234 g/mol. The number of nitrogens with one attached hydrogen (secondary N) is 1. The molecule has 0 atom stereocenters. The molecule has 96 valence electrons. The molecule has 0 saturated carbocycles. The highest BCUT2D eigenvalue weighted by Gasteiger charge is 2.14. The Morgan fingerprint density at radius 1 is 1.24 bits per heavy atom. The third kappa shape index (κ3) is 4.49. The van der Waals surface area contributed by atoms with Crippen molar-refractivity contribution in [2.45, 2.75) is 46.1 Å². The first-order valence-electron chi connectivity index (χ1n) is 6.46. The fourth-order valence-electron chi connectivity index (χ4n) is 1.81. The Bertz CT molecular complexity index is 350. The molecule has 17 heavy (non-hydrogen) atoms. The first-order valence-corrected chi connectivity index (χ1v) is 6.46. The molecule has 0 unspecified atom stereocenters. The molecule has 0 amide bonds. The van der Waals surface area contributed by atoms with Gasteiger partial charge in [0, 0.05) is 6.54 Å². The summed E-state index contributed by atoms with van der Waals surface area (Å²) >= 11 is 0. The molecular formula is C15H26N2. The van der Waals surface area contributed by atoms with E-state index in [1.807, 2.05) is 0 Å². The molecule has 1 aromatic rings. The number of nitrogens with two attached hydrogens (primary N) is 1. The van der Waals surface area contributed by atoms with E-state index in [-0.39, 0.29) is 5.41 Å². The Morgan fingerprint density at radius 2 is 1.94 bits per heavy atom. The summed E-state index contributed by atoms with van der Waals surface area (Å²) in [5.74, 6) is 0. The van der Waals surface area contributed by atoms with Gasteiger partial charge in [-0.05, 0) is 48.5 Å². The van der Waals surface area contributed by atoms with Gasteiger partial charge in [0.25, 0.3) is 0 Å². The molecule has 3 N–H and O–H groups in total. The molecule has 0 aromatic heterocycles. The van der Waals surface area contributed by atoms with Gasteiger partial charge in [0.05, 0.1) is 0 Å². The highest BCUT2D eigenvalue weighted by Crippen LogP contribution is 2.24. The van der Waals surface area contributed by atoms with E-state index in [1.165, 1.54) is 16.7 Å². The van der Waals surface area contributed by atoms with Crippen LogP contribution in [0.3, 0.4) is 0 Å². The van der Waals surface area contributed by atoms with Crippen LogP contribution in [0.25, 0.3) is 0 Å². The summed E-state index contributed by atoms with van der Waals surface area (Å²) < 4.78 is 0. The van der Waals surface area contributed by atoms with Crippen molar-refractivity contribution in [3.8, 4) is 0 Å². The summed E-state index contributed by atoms with van der Waals surface area (Å²) in [6, 6.07) is 6.79. The standard InChI is InChI=1S/C15H26N2/c1-12-10-14(15(2,3)4)7-6-13(12)11-17-9-5-8-16/h6-7,10,17H,5,8-9,11,16H2,1-4H3. The molecule has 1 aromatic carbocycles. The zero-order chi connectivity index (χ0) is 12.9. The second-order valence-corrected chi connectivity index (χ2v) is 5.71. The fourth-order valence-corrected chi connectivity index (χ4v) is 1.81. The van der Waals surface area contributed by atoms with Crippen molar-refractivity contribution < 1.29 is 0 Å². The Morgan fingerprint density at radius 3 is 2.47 bits per heavy atom. The average Bonchev–Trinajstić information content (AvgIpc) is 2.24. The molecule has 0 fully saturated rings. The lowest BCUT2D eigenvalue weighted by atomic mass is 9.85. The van der Waals surface area contributed by atoms with Crippen LogP contribution in [0.4, 0.5) is 0 Å². The van der Waals surface area contributed by atoms with Crippen molar-refractivity contribution in [2.75, 3.05) is 13.1 Å². The number of hydrogen-bond acceptors (Lipinski definition) is 2. The third-order valence-electron chi connectivity index (χ3n) is 3.08. The van der Waals surface area contributed by atoms with Crippen LogP contribution in [-0.4, -0.2) is 13.1 Å². The van der Waals surface area contributed by atoms with Gasteiger partial charge in [-0.1, -0.05) is 39.0 Å². The van der Waals surface area contributed by atoms with Crippen molar-refractivity contribution in [3.05, 3.63) is 34.9 Å². The van der Waals surface area contributed by atoms with Gasteiger partial charge in [0.2, 0.25) is 0 Å². The van der Waals surface area contributed by atoms with E-state index < -0.39 is 0 Å². The molecule has 1 rings (SSSR count). The van der Waals surface area contributed by atoms with E-state index in [1.54, 1.807) is 0 Å². The van der Waals surface area contributed by atoms with Crippen LogP contribution in [0, 0.1) is 6.92 Å². The molecule has 0 bridgehead atoms. The number of hydrogen-bond donors (Lipinski definition) is 2. The van der Waals surface area contributed by atoms with Crippen molar-refractivity contribution in [1.82, 2.24) is 5.32 Å². The second-order valence-electron chi connectivity index (χ2n) is 5.71. The van der Waals surface area contributed by atoms with Gasteiger partial charge in [-0.15, -0.1) is 0 Å². The van der Waals surface area contributed by atoms with E-state index in [4.69, 9.17) is 5.73 Å². The van der Waals surface area contributed by atoms with Gasteiger partial charge in [-0.3, -0.25) is 0 Å². The van der Waals surface area contributed by atoms with Crippen molar-refractivity contribution in [1.29, 1.82) is 0 Å². The van der Waals surface area contributed by atoms with E-state index in [0.29, 0.717) is 0 Å². The lowest BCUT2D eigenvalue weighted by molar-refractivity contribution is 0.588. The quantitative estimate of drug-likeness (QED) is 0.769. The Labute approximate surface area is 106 Å². The molecule has 2 heteroatoms. The highest BCUT2D eigenvalue weighted by molar-refractivity contribution is 5.34. The van der Waals surface area contributed by atoms with Crippen molar-refractivity contribution >= 4 is 0 Å². The monoisotopic (exact) mass is 234 g/mol. The van der Waals surface area contributed by atoms with Crippen LogP contribution >= 0.6 is 0 Å². The summed E-state index contributed by atoms with van der Waals surface area (Å²) in [6.45, 7) is 11.6. The normalized spacial score (nSPS) is 11.8. The largest absolute Gasteiger partial charge is 0.330 e. The van der Waals surface area contributed by atoms with E-state index in [0.717, 1.165) is 26.1 Å². The predicted molar refractivity (Wildman–Crippen MR) is 75.3 cm³/mol. The Balaban J connectivity index is 2.64. The fraction of sp³-hybridized carbons (Fsp3) is 0.600. The van der Waals surface area contributed by atoms with Gasteiger partial charge in [-0.25, -0.2) is 0 Å². The van der Waals surface area contributed by atoms with Crippen molar-refractivity contribution in [3.63, 3.8) is 0 Å². The maximum Gasteiger partial charge on any atom is 0.0208 e. The van der Waals surface area contributed by atoms with Crippen LogP contribution in [-0.2, 0) is 12.0 Å². The van der Waals surface area contributed by atoms with Crippen molar-refractivity contribution in [2.24, 2.45) is 5.73 Å². The predicted octanol–water partition coefficient (Wildman–Crippen LogP) is 2.73. The first kappa shape index (κ1) is 14.2. The van der Waals surface area contributed by atoms with Crippen LogP contribution in [0.1, 0.15) is 43.9 Å². The van der Waals surface area contributed by atoms with Crippen LogP contribution < -0.4 is 11.1 Å². The molecule has 0 saturated heterocycles. The smallest absolute Gasteiger partial charge is 0.0208 e. The minimum Gasteiger partial charge on any atom is -0.330 e. The zero-order valence-electron chi connectivity index (χ0n) is 11.6. The summed E-state index contributed by atoms with van der Waals surface area (Å²) in [5.41, 5.74) is 9.86. The molecular weight excluding hydrogens is 208 g/mol. The Kier molecular flexibility index (Phi) is 5.16. The van der Waals surface area contributed by atoms with Gasteiger partial charge in [0.1, 0.15) is 0 Å². The maximum absolute atomic E-state index is 5.47. The van der Waals surface area contributed by atoms with Crippen LogP contribution in [0.5, 0.6) is 0 Å². The molecule has 0 spiro atoms. The summed E-state index contributed by atoms with van der Waals surface area (Å²) in [7, 11) is 0. The van der Waals surface area contributed by atoms with E-state index in [9.17, 15) is 0 Å². The minimum absolute atomic E-state index is 0.232. The molecule has 0 aliphatic rings. The van der Waals surface area contributed by atoms with Gasteiger partial charge in [0.15, 0.2) is 0 Å². The molecule has 0 aliphatic heterocycles. The molecule has 0 radical (unpaired) electrons. The maximum atomic E-state index is 5.47. The van der Waals surface area contributed by atoms with Gasteiger partial charge < -0.3 is 11.1 Å².